The number of phenolic OH excluding ortho intramolecular Hbond substituents is 1. The van der Waals surface area contributed by atoms with Gasteiger partial charge in [-0.1, -0.05) is 0 Å². The number of carbonyl (C=O) groups excluding carboxylic acids is 1. The minimum atomic E-state index is -0.210. The Labute approximate surface area is 115 Å². The van der Waals surface area contributed by atoms with Gasteiger partial charge in [0.25, 0.3) is 5.91 Å². The second-order valence-electron chi connectivity index (χ2n) is 4.04. The van der Waals surface area contributed by atoms with Crippen LogP contribution in [0.3, 0.4) is 0 Å². The zero-order valence-electron chi connectivity index (χ0n) is 10.4. The summed E-state index contributed by atoms with van der Waals surface area (Å²) in [5.74, 6) is -0.356. The predicted molar refractivity (Wildman–Crippen MR) is 72.2 cm³/mol. The first-order valence-corrected chi connectivity index (χ1v) is 6.46. The van der Waals surface area contributed by atoms with Gasteiger partial charge in [-0.15, -0.1) is 0 Å². The van der Waals surface area contributed by atoms with Gasteiger partial charge >= 0.3 is 0 Å². The monoisotopic (exact) mass is 310 g/mol. The third-order valence-corrected chi connectivity index (χ3v) is 3.25. The Hall–Kier alpha value is -1.54. The number of halogens is 1. The number of hydrogen-bond acceptors (Lipinski definition) is 3. The summed E-state index contributed by atoms with van der Waals surface area (Å²) in [7, 11) is 0. The van der Waals surface area contributed by atoms with Crippen LogP contribution in [0.15, 0.2) is 22.7 Å². The largest absolute Gasteiger partial charge is 0.507 e. The molecule has 1 aromatic rings. The highest BCUT2D eigenvalue weighted by Crippen LogP contribution is 2.25. The molecule has 0 fully saturated rings. The van der Waals surface area contributed by atoms with Gasteiger partial charge in [0.2, 0.25) is 0 Å². The third kappa shape index (κ3) is 3.47. The van der Waals surface area contributed by atoms with Crippen molar-refractivity contribution >= 4 is 21.8 Å². The molecule has 0 saturated heterocycles. The maximum atomic E-state index is 12.2. The second kappa shape index (κ2) is 6.41. The molecule has 4 nitrogen and oxygen atoms in total. The maximum absolute atomic E-state index is 12.2. The van der Waals surface area contributed by atoms with Crippen LogP contribution in [0.1, 0.15) is 24.2 Å². The van der Waals surface area contributed by atoms with Crippen molar-refractivity contribution < 1.29 is 9.90 Å². The van der Waals surface area contributed by atoms with Crippen molar-refractivity contribution in [2.45, 2.75) is 13.8 Å². The summed E-state index contributed by atoms with van der Waals surface area (Å²) in [6.45, 7) is 4.56. The van der Waals surface area contributed by atoms with Crippen molar-refractivity contribution in [1.29, 1.82) is 5.26 Å². The molecule has 1 amide bonds. The average molecular weight is 311 g/mol. The third-order valence-electron chi connectivity index (χ3n) is 2.58. The molecule has 1 unspecified atom stereocenters. The van der Waals surface area contributed by atoms with Gasteiger partial charge in [0.1, 0.15) is 5.75 Å². The van der Waals surface area contributed by atoms with Crippen LogP contribution in [0.2, 0.25) is 0 Å². The first-order valence-electron chi connectivity index (χ1n) is 5.67. The van der Waals surface area contributed by atoms with Gasteiger partial charge in [-0.3, -0.25) is 4.79 Å². The van der Waals surface area contributed by atoms with Crippen LogP contribution in [0.25, 0.3) is 0 Å². The van der Waals surface area contributed by atoms with Gasteiger partial charge in [-0.05, 0) is 48.0 Å². The molecule has 0 saturated carbocycles. The maximum Gasteiger partial charge on any atom is 0.254 e. The number of nitriles is 1. The van der Waals surface area contributed by atoms with Crippen molar-refractivity contribution in [3.05, 3.63) is 28.2 Å². The van der Waals surface area contributed by atoms with Crippen molar-refractivity contribution in [3.63, 3.8) is 0 Å². The number of phenols is 1. The molecule has 0 aliphatic rings. The van der Waals surface area contributed by atoms with Gasteiger partial charge < -0.3 is 10.0 Å². The summed E-state index contributed by atoms with van der Waals surface area (Å²) >= 11 is 3.17. The van der Waals surface area contributed by atoms with Crippen molar-refractivity contribution in [1.82, 2.24) is 4.90 Å². The first kappa shape index (κ1) is 14.5. The van der Waals surface area contributed by atoms with Gasteiger partial charge in [0.05, 0.1) is 16.5 Å². The number of benzene rings is 1. The Bertz CT molecular complexity index is 482. The molecular formula is C13H15BrN2O2. The van der Waals surface area contributed by atoms with E-state index in [1.165, 1.54) is 6.07 Å². The van der Waals surface area contributed by atoms with E-state index in [0.717, 1.165) is 0 Å². The Morgan fingerprint density at radius 1 is 1.61 bits per heavy atom. The van der Waals surface area contributed by atoms with E-state index in [1.807, 2.05) is 6.92 Å². The summed E-state index contributed by atoms with van der Waals surface area (Å²) < 4.78 is 0.549. The molecule has 0 aromatic heterocycles. The summed E-state index contributed by atoms with van der Waals surface area (Å²) in [5.41, 5.74) is 0.419. The molecule has 96 valence electrons. The molecule has 0 spiro atoms. The van der Waals surface area contributed by atoms with E-state index in [-0.39, 0.29) is 17.6 Å². The lowest BCUT2D eigenvalue weighted by atomic mass is 10.1. The zero-order valence-corrected chi connectivity index (χ0v) is 11.9. The number of carbonyl (C=O) groups is 1. The number of amides is 1. The summed E-state index contributed by atoms with van der Waals surface area (Å²) in [6, 6.07) is 6.80. The fourth-order valence-electron chi connectivity index (χ4n) is 1.56. The Kier molecular flexibility index (Phi) is 5.17. The van der Waals surface area contributed by atoms with E-state index in [1.54, 1.807) is 24.0 Å². The molecule has 1 aromatic carbocycles. The summed E-state index contributed by atoms with van der Waals surface area (Å²) in [4.78, 5) is 13.8. The van der Waals surface area contributed by atoms with Crippen LogP contribution in [-0.2, 0) is 0 Å². The van der Waals surface area contributed by atoms with Gasteiger partial charge in [-0.2, -0.15) is 5.26 Å². The summed E-state index contributed by atoms with van der Waals surface area (Å²) in [5, 5.41) is 18.3. The van der Waals surface area contributed by atoms with Gasteiger partial charge in [0, 0.05) is 18.7 Å². The van der Waals surface area contributed by atoms with Crippen LogP contribution in [0.5, 0.6) is 5.75 Å². The van der Waals surface area contributed by atoms with Crippen LogP contribution in [0, 0.1) is 17.2 Å². The van der Waals surface area contributed by atoms with Gasteiger partial charge in [0.15, 0.2) is 0 Å². The van der Waals surface area contributed by atoms with Crippen LogP contribution >= 0.6 is 15.9 Å². The molecule has 0 radical (unpaired) electrons. The Morgan fingerprint density at radius 3 is 2.78 bits per heavy atom. The molecule has 18 heavy (non-hydrogen) atoms. The molecule has 1 rings (SSSR count). The minimum absolute atomic E-state index is 0.0326. The van der Waals surface area contributed by atoms with E-state index in [9.17, 15) is 9.90 Å². The van der Waals surface area contributed by atoms with Crippen molar-refractivity contribution in [3.8, 4) is 11.8 Å². The molecule has 1 N–H and O–H groups in total. The smallest absolute Gasteiger partial charge is 0.254 e. The highest BCUT2D eigenvalue weighted by atomic mass is 79.9. The molecule has 0 bridgehead atoms. The Balaban J connectivity index is 2.90. The number of aromatic hydroxyl groups is 1. The molecular weight excluding hydrogens is 296 g/mol. The lowest BCUT2D eigenvalue weighted by molar-refractivity contribution is 0.0752. The molecule has 0 heterocycles. The quantitative estimate of drug-likeness (QED) is 0.930. The van der Waals surface area contributed by atoms with Crippen molar-refractivity contribution in [2.75, 3.05) is 13.1 Å². The van der Waals surface area contributed by atoms with Crippen LogP contribution in [0.4, 0.5) is 0 Å². The normalized spacial score (nSPS) is 11.7. The molecule has 5 heteroatoms. The standard InChI is InChI=1S/C13H15BrN2O2/c1-3-16(8-9(2)7-15)13(18)10-4-5-11(14)12(17)6-10/h4-6,9,17H,3,8H2,1-2H3. The number of nitrogens with zero attached hydrogens (tertiary/aromatic N) is 2. The van der Waals surface area contributed by atoms with E-state index >= 15 is 0 Å². The van der Waals surface area contributed by atoms with E-state index in [2.05, 4.69) is 22.0 Å². The highest BCUT2D eigenvalue weighted by molar-refractivity contribution is 9.10. The number of hydrogen-bond donors (Lipinski definition) is 1. The first-order chi connectivity index (χ1) is 8.49. The lowest BCUT2D eigenvalue weighted by Gasteiger charge is -2.22. The van der Waals surface area contributed by atoms with Crippen molar-refractivity contribution in [2.24, 2.45) is 5.92 Å². The fourth-order valence-corrected chi connectivity index (χ4v) is 1.80. The molecule has 1 atom stereocenters. The highest BCUT2D eigenvalue weighted by Gasteiger charge is 2.17. The Morgan fingerprint density at radius 2 is 2.28 bits per heavy atom. The SMILES string of the molecule is CCN(CC(C)C#N)C(=O)c1ccc(Br)c(O)c1. The fraction of sp³-hybridized carbons (Fsp3) is 0.385. The zero-order chi connectivity index (χ0) is 13.7. The van der Waals surface area contributed by atoms with E-state index in [4.69, 9.17) is 5.26 Å². The number of rotatable bonds is 4. The van der Waals surface area contributed by atoms with E-state index < -0.39 is 0 Å². The van der Waals surface area contributed by atoms with E-state index in [0.29, 0.717) is 23.1 Å². The molecule has 0 aliphatic carbocycles. The average Bonchev–Trinajstić information content (AvgIpc) is 2.38. The van der Waals surface area contributed by atoms with Crippen LogP contribution < -0.4 is 0 Å². The van der Waals surface area contributed by atoms with Crippen LogP contribution in [-0.4, -0.2) is 29.0 Å². The molecule has 0 aliphatic heterocycles. The lowest BCUT2D eigenvalue weighted by Crippen LogP contribution is -2.34. The topological polar surface area (TPSA) is 64.3 Å². The summed E-state index contributed by atoms with van der Waals surface area (Å²) in [6.07, 6.45) is 0. The minimum Gasteiger partial charge on any atom is -0.507 e. The van der Waals surface area contributed by atoms with Gasteiger partial charge in [-0.25, -0.2) is 0 Å². The predicted octanol–water partition coefficient (Wildman–Crippen LogP) is 2.78. The second-order valence-corrected chi connectivity index (χ2v) is 4.89.